The van der Waals surface area contributed by atoms with Crippen molar-refractivity contribution in [2.24, 2.45) is 0 Å². The molecule has 144 valence electrons. The van der Waals surface area contributed by atoms with Gasteiger partial charge in [-0.15, -0.1) is 0 Å². The van der Waals surface area contributed by atoms with Crippen LogP contribution in [0.25, 0.3) is 0 Å². The van der Waals surface area contributed by atoms with Gasteiger partial charge in [-0.2, -0.15) is 0 Å². The second kappa shape index (κ2) is 8.99. The topological polar surface area (TPSA) is 76.0 Å². The van der Waals surface area contributed by atoms with Crippen LogP contribution in [0.1, 0.15) is 46.5 Å². The van der Waals surface area contributed by atoms with E-state index in [1.165, 1.54) is 0 Å². The lowest BCUT2D eigenvalue weighted by atomic mass is 10.1. The zero-order valence-corrected chi connectivity index (χ0v) is 16.1. The van der Waals surface area contributed by atoms with Gasteiger partial charge in [-0.3, -0.25) is 9.59 Å². The van der Waals surface area contributed by atoms with Crippen LogP contribution in [0, 0.1) is 0 Å². The fourth-order valence-electron chi connectivity index (χ4n) is 2.74. The van der Waals surface area contributed by atoms with Gasteiger partial charge < -0.3 is 15.2 Å². The summed E-state index contributed by atoms with van der Waals surface area (Å²) in [4.78, 5) is 29.1. The van der Waals surface area contributed by atoms with Crippen LogP contribution < -0.4 is 10.6 Å². The largest absolute Gasteiger partial charge is 0.350 e. The highest BCUT2D eigenvalue weighted by Crippen LogP contribution is 2.17. The number of nitrogens with zero attached hydrogens (tertiary/aromatic N) is 2. The first kappa shape index (κ1) is 19.4. The number of imidazole rings is 1. The fourth-order valence-corrected chi connectivity index (χ4v) is 2.74. The number of nitrogens with one attached hydrogen (secondary N) is 2. The molecule has 3 aromatic rings. The Bertz CT molecular complexity index is 933. The molecule has 1 heterocycles. The van der Waals surface area contributed by atoms with Crippen molar-refractivity contribution >= 4 is 17.5 Å². The van der Waals surface area contributed by atoms with Crippen molar-refractivity contribution in [3.8, 4) is 0 Å². The van der Waals surface area contributed by atoms with Crippen LogP contribution in [0.4, 0.5) is 5.69 Å². The molecule has 28 heavy (non-hydrogen) atoms. The molecule has 6 heteroatoms. The van der Waals surface area contributed by atoms with E-state index >= 15 is 0 Å². The van der Waals surface area contributed by atoms with E-state index in [0.717, 1.165) is 12.0 Å². The molecule has 0 fully saturated rings. The Balaban J connectivity index is 1.70. The molecule has 0 aliphatic rings. The molecule has 1 aromatic heterocycles. The SMILES string of the molecule is CC[C@@H](C)NC(=O)c1ccccc1NC(=O)c1ccc(Cn2ccnc2)cc1. The normalized spacial score (nSPS) is 11.6. The first-order valence-corrected chi connectivity index (χ1v) is 9.32. The van der Waals surface area contributed by atoms with Gasteiger partial charge in [-0.1, -0.05) is 31.2 Å². The van der Waals surface area contributed by atoms with Crippen molar-refractivity contribution in [1.82, 2.24) is 14.9 Å². The molecule has 6 nitrogen and oxygen atoms in total. The number of anilines is 1. The Morgan fingerprint density at radius 1 is 1.07 bits per heavy atom. The van der Waals surface area contributed by atoms with Crippen molar-refractivity contribution in [1.29, 1.82) is 0 Å². The van der Waals surface area contributed by atoms with Crippen molar-refractivity contribution in [3.63, 3.8) is 0 Å². The van der Waals surface area contributed by atoms with Crippen molar-refractivity contribution in [2.45, 2.75) is 32.9 Å². The average molecular weight is 376 g/mol. The van der Waals surface area contributed by atoms with Gasteiger partial charge in [-0.25, -0.2) is 4.98 Å². The molecule has 2 N–H and O–H groups in total. The number of amides is 2. The highest BCUT2D eigenvalue weighted by Gasteiger charge is 2.15. The number of hydrogen-bond acceptors (Lipinski definition) is 3. The molecule has 3 rings (SSSR count). The van der Waals surface area contributed by atoms with E-state index in [1.54, 1.807) is 48.9 Å². The summed E-state index contributed by atoms with van der Waals surface area (Å²) >= 11 is 0. The third-order valence-corrected chi connectivity index (χ3v) is 4.55. The lowest BCUT2D eigenvalue weighted by Gasteiger charge is -2.14. The standard InChI is InChI=1S/C22H24N4O2/c1-3-16(2)24-22(28)19-6-4-5-7-20(19)25-21(27)18-10-8-17(9-11-18)14-26-13-12-23-15-26/h4-13,15-16H,3,14H2,1-2H3,(H,24,28)(H,25,27)/t16-/m1/s1. The highest BCUT2D eigenvalue weighted by molar-refractivity contribution is 6.09. The molecule has 0 bridgehead atoms. The number of hydrogen-bond donors (Lipinski definition) is 2. The fraction of sp³-hybridized carbons (Fsp3) is 0.227. The van der Waals surface area contributed by atoms with Gasteiger partial charge in [0, 0.05) is 30.5 Å². The van der Waals surface area contributed by atoms with Crippen LogP contribution in [-0.2, 0) is 6.54 Å². The Labute approximate surface area is 164 Å². The predicted octanol–water partition coefficient (Wildman–Crippen LogP) is 3.71. The number of rotatable bonds is 7. The number of carbonyl (C=O) groups is 2. The van der Waals surface area contributed by atoms with Gasteiger partial charge >= 0.3 is 0 Å². The molecule has 0 aliphatic heterocycles. The maximum Gasteiger partial charge on any atom is 0.255 e. The van der Waals surface area contributed by atoms with Crippen LogP contribution in [0.5, 0.6) is 0 Å². The summed E-state index contributed by atoms with van der Waals surface area (Å²) in [5.41, 5.74) is 2.55. The third kappa shape index (κ3) is 4.85. The van der Waals surface area contributed by atoms with E-state index < -0.39 is 0 Å². The quantitative estimate of drug-likeness (QED) is 0.660. The first-order valence-electron chi connectivity index (χ1n) is 9.32. The summed E-state index contributed by atoms with van der Waals surface area (Å²) in [5.74, 6) is -0.445. The monoisotopic (exact) mass is 376 g/mol. The van der Waals surface area contributed by atoms with E-state index in [9.17, 15) is 9.59 Å². The molecule has 0 aliphatic carbocycles. The zero-order valence-electron chi connectivity index (χ0n) is 16.1. The molecule has 2 aromatic carbocycles. The molecular weight excluding hydrogens is 352 g/mol. The van der Waals surface area contributed by atoms with E-state index in [-0.39, 0.29) is 17.9 Å². The third-order valence-electron chi connectivity index (χ3n) is 4.55. The average Bonchev–Trinajstić information content (AvgIpc) is 3.21. The summed E-state index contributed by atoms with van der Waals surface area (Å²) in [6, 6.07) is 14.5. The molecule has 2 amide bonds. The van der Waals surface area contributed by atoms with Gasteiger partial charge in [-0.05, 0) is 43.2 Å². The minimum Gasteiger partial charge on any atom is -0.350 e. The Morgan fingerprint density at radius 2 is 1.82 bits per heavy atom. The van der Waals surface area contributed by atoms with Crippen LogP contribution >= 0.6 is 0 Å². The smallest absolute Gasteiger partial charge is 0.255 e. The molecular formula is C22H24N4O2. The van der Waals surface area contributed by atoms with Crippen LogP contribution in [0.3, 0.4) is 0 Å². The number of aromatic nitrogens is 2. The summed E-state index contributed by atoms with van der Waals surface area (Å²) in [5, 5.41) is 5.78. The molecule has 0 saturated carbocycles. The maximum atomic E-state index is 12.6. The number of benzene rings is 2. The van der Waals surface area contributed by atoms with Crippen molar-refractivity contribution in [3.05, 3.63) is 83.9 Å². The molecule has 0 unspecified atom stereocenters. The van der Waals surface area contributed by atoms with Gasteiger partial charge in [0.05, 0.1) is 17.6 Å². The number of carbonyl (C=O) groups excluding carboxylic acids is 2. The second-order valence-electron chi connectivity index (χ2n) is 6.71. The lowest BCUT2D eigenvalue weighted by molar-refractivity contribution is 0.0940. The second-order valence-corrected chi connectivity index (χ2v) is 6.71. The number of para-hydroxylation sites is 1. The van der Waals surface area contributed by atoms with Crippen molar-refractivity contribution in [2.75, 3.05) is 5.32 Å². The predicted molar refractivity (Wildman–Crippen MR) is 109 cm³/mol. The van der Waals surface area contributed by atoms with Crippen LogP contribution in [-0.4, -0.2) is 27.4 Å². The molecule has 0 saturated heterocycles. The molecule has 1 atom stereocenters. The first-order chi connectivity index (χ1) is 13.6. The Kier molecular flexibility index (Phi) is 6.22. The minimum atomic E-state index is -0.252. The van der Waals surface area contributed by atoms with E-state index in [4.69, 9.17) is 0 Å². The summed E-state index contributed by atoms with van der Waals surface area (Å²) in [7, 11) is 0. The summed E-state index contributed by atoms with van der Waals surface area (Å²) in [6.07, 6.45) is 6.21. The van der Waals surface area contributed by atoms with E-state index in [1.807, 2.05) is 36.7 Å². The molecule has 0 spiro atoms. The lowest BCUT2D eigenvalue weighted by Crippen LogP contribution is -2.32. The Hall–Kier alpha value is -3.41. The van der Waals surface area contributed by atoms with Gasteiger partial charge in [0.25, 0.3) is 11.8 Å². The van der Waals surface area contributed by atoms with Gasteiger partial charge in [0.2, 0.25) is 0 Å². The zero-order chi connectivity index (χ0) is 19.9. The van der Waals surface area contributed by atoms with E-state index in [0.29, 0.717) is 23.4 Å². The van der Waals surface area contributed by atoms with E-state index in [2.05, 4.69) is 15.6 Å². The Morgan fingerprint density at radius 3 is 2.50 bits per heavy atom. The summed E-state index contributed by atoms with van der Waals surface area (Å²) in [6.45, 7) is 4.65. The molecule has 0 radical (unpaired) electrons. The minimum absolute atomic E-state index is 0.0688. The highest BCUT2D eigenvalue weighted by atomic mass is 16.2. The maximum absolute atomic E-state index is 12.6. The summed E-state index contributed by atoms with van der Waals surface area (Å²) < 4.78 is 1.96. The van der Waals surface area contributed by atoms with Crippen LogP contribution in [0.2, 0.25) is 0 Å². The van der Waals surface area contributed by atoms with Gasteiger partial charge in [0.15, 0.2) is 0 Å². The van der Waals surface area contributed by atoms with Crippen molar-refractivity contribution < 1.29 is 9.59 Å². The van der Waals surface area contributed by atoms with Crippen LogP contribution in [0.15, 0.2) is 67.3 Å². The van der Waals surface area contributed by atoms with Gasteiger partial charge in [0.1, 0.15) is 0 Å².